The van der Waals surface area contributed by atoms with Crippen LogP contribution >= 0.6 is 0 Å². The Morgan fingerprint density at radius 1 is 0.810 bits per heavy atom. The lowest BCUT2D eigenvalue weighted by molar-refractivity contribution is 0.298. The maximum absolute atomic E-state index is 6.27. The Morgan fingerprint density at radius 3 is 2.33 bits per heavy atom. The molecule has 1 unspecified atom stereocenters. The molecule has 1 atom stereocenters. The monoisotopic (exact) mass is 277 g/mol. The Kier molecular flexibility index (Phi) is 4.17. The Labute approximate surface area is 125 Å². The predicted octanol–water partition coefficient (Wildman–Crippen LogP) is 4.31. The van der Waals surface area contributed by atoms with Crippen LogP contribution in [-0.4, -0.2) is 6.61 Å². The van der Waals surface area contributed by atoms with Crippen molar-refractivity contribution in [3.63, 3.8) is 0 Å². The highest BCUT2D eigenvalue weighted by molar-refractivity contribution is 5.83. The van der Waals surface area contributed by atoms with Crippen molar-refractivity contribution in [3.8, 4) is 5.75 Å². The summed E-state index contributed by atoms with van der Waals surface area (Å²) in [6.07, 6.45) is 0.799. The van der Waals surface area contributed by atoms with E-state index < -0.39 is 0 Å². The van der Waals surface area contributed by atoms with E-state index in [-0.39, 0.29) is 6.04 Å². The van der Waals surface area contributed by atoms with E-state index in [9.17, 15) is 0 Å². The van der Waals surface area contributed by atoms with Crippen molar-refractivity contribution in [2.24, 2.45) is 5.73 Å². The van der Waals surface area contributed by atoms with E-state index in [1.54, 1.807) is 0 Å². The van der Waals surface area contributed by atoms with E-state index in [4.69, 9.17) is 10.5 Å². The molecule has 0 fully saturated rings. The van der Waals surface area contributed by atoms with Gasteiger partial charge in [0, 0.05) is 12.5 Å². The van der Waals surface area contributed by atoms with Gasteiger partial charge in [0.05, 0.1) is 6.61 Å². The van der Waals surface area contributed by atoms with Gasteiger partial charge in [-0.05, 0) is 34.5 Å². The molecule has 3 aromatic rings. The first kappa shape index (κ1) is 13.7. The van der Waals surface area contributed by atoms with E-state index in [1.807, 2.05) is 30.3 Å². The molecule has 0 bridgehead atoms. The van der Waals surface area contributed by atoms with Crippen LogP contribution in [0.1, 0.15) is 18.0 Å². The molecule has 0 spiro atoms. The standard InChI is InChI=1S/C19H19NO/c20-19(12-13-21-18-8-2-1-3-9-18)17-11-10-15-6-4-5-7-16(15)14-17/h1-11,14,19H,12-13,20H2. The fourth-order valence-corrected chi connectivity index (χ4v) is 2.43. The minimum absolute atomic E-state index is 0.00156. The van der Waals surface area contributed by atoms with Gasteiger partial charge in [0.15, 0.2) is 0 Å². The molecule has 0 aliphatic rings. The lowest BCUT2D eigenvalue weighted by Crippen LogP contribution is -2.14. The number of hydrogen-bond acceptors (Lipinski definition) is 2. The second kappa shape index (κ2) is 6.42. The van der Waals surface area contributed by atoms with Gasteiger partial charge in [-0.3, -0.25) is 0 Å². The van der Waals surface area contributed by atoms with E-state index in [1.165, 1.54) is 10.8 Å². The van der Waals surface area contributed by atoms with Crippen LogP contribution in [0.25, 0.3) is 10.8 Å². The number of nitrogens with two attached hydrogens (primary N) is 1. The van der Waals surface area contributed by atoms with Crippen molar-refractivity contribution in [2.45, 2.75) is 12.5 Å². The van der Waals surface area contributed by atoms with Crippen molar-refractivity contribution in [1.29, 1.82) is 0 Å². The summed E-state index contributed by atoms with van der Waals surface area (Å²) < 4.78 is 5.71. The maximum Gasteiger partial charge on any atom is 0.119 e. The van der Waals surface area contributed by atoms with Crippen LogP contribution in [0.3, 0.4) is 0 Å². The Bertz CT molecular complexity index is 709. The quantitative estimate of drug-likeness (QED) is 0.754. The highest BCUT2D eigenvalue weighted by Crippen LogP contribution is 2.21. The molecule has 0 radical (unpaired) electrons. The Hall–Kier alpha value is -2.32. The fourth-order valence-electron chi connectivity index (χ4n) is 2.43. The number of ether oxygens (including phenoxy) is 1. The van der Waals surface area contributed by atoms with Crippen LogP contribution in [0, 0.1) is 0 Å². The van der Waals surface area contributed by atoms with Crippen LogP contribution in [-0.2, 0) is 0 Å². The molecule has 2 N–H and O–H groups in total. The van der Waals surface area contributed by atoms with Crippen LogP contribution in [0.4, 0.5) is 0 Å². The summed E-state index contributed by atoms with van der Waals surface area (Å²) in [5.74, 6) is 0.892. The summed E-state index contributed by atoms with van der Waals surface area (Å²) in [5.41, 5.74) is 7.43. The second-order valence-corrected chi connectivity index (χ2v) is 5.16. The van der Waals surface area contributed by atoms with Crippen molar-refractivity contribution in [1.82, 2.24) is 0 Å². The van der Waals surface area contributed by atoms with Crippen molar-refractivity contribution in [2.75, 3.05) is 6.61 Å². The summed E-state index contributed by atoms with van der Waals surface area (Å²) in [6, 6.07) is 24.6. The molecule has 0 amide bonds. The van der Waals surface area contributed by atoms with Gasteiger partial charge in [0.2, 0.25) is 0 Å². The van der Waals surface area contributed by atoms with Crippen molar-refractivity contribution < 1.29 is 4.74 Å². The van der Waals surface area contributed by atoms with E-state index in [0.717, 1.165) is 17.7 Å². The normalized spacial score (nSPS) is 12.2. The highest BCUT2D eigenvalue weighted by atomic mass is 16.5. The first-order chi connectivity index (χ1) is 10.3. The molecule has 2 heteroatoms. The molecular formula is C19H19NO. The van der Waals surface area contributed by atoms with Crippen molar-refractivity contribution >= 4 is 10.8 Å². The van der Waals surface area contributed by atoms with E-state index in [2.05, 4.69) is 42.5 Å². The molecule has 0 saturated heterocycles. The average molecular weight is 277 g/mol. The fraction of sp³-hybridized carbons (Fsp3) is 0.158. The number of benzene rings is 3. The predicted molar refractivity (Wildman–Crippen MR) is 87.4 cm³/mol. The summed E-state index contributed by atoms with van der Waals surface area (Å²) in [7, 11) is 0. The van der Waals surface area contributed by atoms with Gasteiger partial charge in [-0.15, -0.1) is 0 Å². The average Bonchev–Trinajstić information content (AvgIpc) is 2.55. The molecule has 0 aliphatic carbocycles. The molecule has 0 aromatic heterocycles. The molecular weight excluding hydrogens is 258 g/mol. The van der Waals surface area contributed by atoms with E-state index in [0.29, 0.717) is 6.61 Å². The summed E-state index contributed by atoms with van der Waals surface area (Å²) in [6.45, 7) is 0.623. The number of para-hydroxylation sites is 1. The third-order valence-electron chi connectivity index (χ3n) is 3.64. The minimum atomic E-state index is -0.00156. The molecule has 106 valence electrons. The smallest absolute Gasteiger partial charge is 0.119 e. The van der Waals surface area contributed by atoms with Gasteiger partial charge in [0.1, 0.15) is 5.75 Å². The largest absolute Gasteiger partial charge is 0.494 e. The van der Waals surface area contributed by atoms with Crippen molar-refractivity contribution in [3.05, 3.63) is 78.4 Å². The van der Waals surface area contributed by atoms with E-state index >= 15 is 0 Å². The minimum Gasteiger partial charge on any atom is -0.494 e. The lowest BCUT2D eigenvalue weighted by Gasteiger charge is -2.13. The molecule has 3 aromatic carbocycles. The third-order valence-corrected chi connectivity index (χ3v) is 3.64. The first-order valence-electron chi connectivity index (χ1n) is 7.25. The SMILES string of the molecule is NC(CCOc1ccccc1)c1ccc2ccccc2c1. The zero-order valence-corrected chi connectivity index (χ0v) is 11.9. The van der Waals surface area contributed by atoms with Crippen LogP contribution < -0.4 is 10.5 Å². The molecule has 0 heterocycles. The second-order valence-electron chi connectivity index (χ2n) is 5.16. The number of fused-ring (bicyclic) bond motifs is 1. The molecule has 0 aliphatic heterocycles. The highest BCUT2D eigenvalue weighted by Gasteiger charge is 2.07. The van der Waals surface area contributed by atoms with Gasteiger partial charge in [0.25, 0.3) is 0 Å². The molecule has 0 saturated carbocycles. The molecule has 3 rings (SSSR count). The third kappa shape index (κ3) is 3.41. The summed E-state index contributed by atoms with van der Waals surface area (Å²) >= 11 is 0. The first-order valence-corrected chi connectivity index (χ1v) is 7.25. The van der Waals surface area contributed by atoms with Gasteiger partial charge in [-0.2, -0.15) is 0 Å². The Balaban J connectivity index is 1.62. The summed E-state index contributed by atoms with van der Waals surface area (Å²) in [5, 5.41) is 2.48. The topological polar surface area (TPSA) is 35.2 Å². The zero-order chi connectivity index (χ0) is 14.5. The van der Waals surface area contributed by atoms with Gasteiger partial charge in [-0.25, -0.2) is 0 Å². The number of rotatable bonds is 5. The van der Waals surface area contributed by atoms with Gasteiger partial charge >= 0.3 is 0 Å². The molecule has 2 nitrogen and oxygen atoms in total. The van der Waals surface area contributed by atoms with Crippen LogP contribution in [0.2, 0.25) is 0 Å². The van der Waals surface area contributed by atoms with Crippen LogP contribution in [0.5, 0.6) is 5.75 Å². The zero-order valence-electron chi connectivity index (χ0n) is 11.9. The number of hydrogen-bond donors (Lipinski definition) is 1. The van der Waals surface area contributed by atoms with Gasteiger partial charge in [-0.1, -0.05) is 54.6 Å². The lowest BCUT2D eigenvalue weighted by atomic mass is 10.0. The van der Waals surface area contributed by atoms with Gasteiger partial charge < -0.3 is 10.5 Å². The Morgan fingerprint density at radius 2 is 1.52 bits per heavy atom. The summed E-state index contributed by atoms with van der Waals surface area (Å²) in [4.78, 5) is 0. The van der Waals surface area contributed by atoms with Crippen LogP contribution in [0.15, 0.2) is 72.8 Å². The molecule has 21 heavy (non-hydrogen) atoms. The maximum atomic E-state index is 6.27.